The number of β-amino-alcohol motifs (C(OH)–C–C–N with tert-alkyl or cyclic N) is 1. The number of fused-ring (bicyclic) bond motifs is 1. The summed E-state index contributed by atoms with van der Waals surface area (Å²) in [6.07, 6.45) is 1.78. The fraction of sp³-hybridized carbons (Fsp3) is 0.476. The Hall–Kier alpha value is -2.29. The number of esters is 1. The second kappa shape index (κ2) is 8.22. The molecule has 1 aromatic heterocycles. The molecule has 1 fully saturated rings. The molecule has 8 heteroatoms. The second-order valence-corrected chi connectivity index (χ2v) is 8.31. The molecular formula is C21H25N3O4S. The first kappa shape index (κ1) is 16.5. The molecule has 0 aliphatic carbocycles. The number of amides is 1. The first-order valence-corrected chi connectivity index (χ1v) is 10.4. The number of carbonyl (C=O) groups is 2. The van der Waals surface area contributed by atoms with Crippen LogP contribution in [0, 0.1) is 12.8 Å². The molecule has 4 rings (SSSR count). The normalized spacial score (nSPS) is 20.3. The van der Waals surface area contributed by atoms with Gasteiger partial charge in [0.2, 0.25) is 5.91 Å². The van der Waals surface area contributed by atoms with Crippen molar-refractivity contribution in [2.45, 2.75) is 32.5 Å². The Labute approximate surface area is 178 Å². The van der Waals surface area contributed by atoms with Crippen molar-refractivity contribution >= 4 is 28.4 Å². The predicted molar refractivity (Wildman–Crippen MR) is 110 cm³/mol. The van der Waals surface area contributed by atoms with E-state index in [-0.39, 0.29) is 12.6 Å². The Morgan fingerprint density at radius 3 is 2.93 bits per heavy atom. The molecule has 1 N–H and O–H groups in total. The summed E-state index contributed by atoms with van der Waals surface area (Å²) in [5.41, 5.74) is 3.00. The predicted octanol–water partition coefficient (Wildman–Crippen LogP) is 2.53. The van der Waals surface area contributed by atoms with E-state index in [0.717, 1.165) is 33.1 Å². The average Bonchev–Trinajstić information content (AvgIpc) is 3.38. The molecule has 2 aliphatic rings. The third-order valence-corrected chi connectivity index (χ3v) is 6.53. The number of rotatable bonds is 5. The largest absolute Gasteiger partial charge is 0.457 e. The van der Waals surface area contributed by atoms with Gasteiger partial charge in [-0.25, -0.2) is 4.79 Å². The zero-order valence-corrected chi connectivity index (χ0v) is 16.9. The highest BCUT2D eigenvalue weighted by Gasteiger charge is 2.30. The van der Waals surface area contributed by atoms with Crippen LogP contribution in [0.2, 0.25) is 0 Å². The summed E-state index contributed by atoms with van der Waals surface area (Å²) in [6, 6.07) is 5.01. The summed E-state index contributed by atoms with van der Waals surface area (Å²) in [5, 5.41) is 11.1. The molecule has 1 saturated heterocycles. The first-order chi connectivity index (χ1) is 15.2. The number of aliphatic hydroxyl groups excluding tert-OH is 1. The van der Waals surface area contributed by atoms with E-state index in [0.29, 0.717) is 43.0 Å². The molecule has 3 heterocycles. The van der Waals surface area contributed by atoms with Crippen LogP contribution in [0.4, 0.5) is 5.00 Å². The number of aliphatic hydroxyl groups is 1. The van der Waals surface area contributed by atoms with Crippen LogP contribution in [0.25, 0.3) is 0 Å². The molecule has 1 aromatic carbocycles. The van der Waals surface area contributed by atoms with E-state index >= 15 is 0 Å². The highest BCUT2D eigenvalue weighted by molar-refractivity contribution is 7.10. The van der Waals surface area contributed by atoms with Crippen LogP contribution in [0.5, 0.6) is 0 Å². The lowest BCUT2D eigenvalue weighted by Crippen LogP contribution is -2.42. The van der Waals surface area contributed by atoms with Gasteiger partial charge in [-0.1, -0.05) is 6.07 Å². The van der Waals surface area contributed by atoms with E-state index in [1.807, 2.05) is 6.92 Å². The Morgan fingerprint density at radius 1 is 1.45 bits per heavy atom. The van der Waals surface area contributed by atoms with E-state index in [1.54, 1.807) is 12.1 Å². The van der Waals surface area contributed by atoms with Crippen molar-refractivity contribution in [1.29, 1.82) is 0 Å². The molecule has 0 spiro atoms. The van der Waals surface area contributed by atoms with E-state index in [1.165, 1.54) is 12.3 Å². The molecular weight excluding hydrogens is 390 g/mol. The molecule has 1 unspecified atom stereocenters. The number of piperidine rings is 1. The molecule has 0 radical (unpaired) electrons. The van der Waals surface area contributed by atoms with Crippen molar-refractivity contribution in [3.8, 4) is 0 Å². The van der Waals surface area contributed by atoms with Gasteiger partial charge in [-0.05, 0) is 67.6 Å². The zero-order chi connectivity index (χ0) is 23.0. The summed E-state index contributed by atoms with van der Waals surface area (Å²) in [4.78, 5) is 27.7. The second-order valence-electron chi connectivity index (χ2n) is 7.50. The van der Waals surface area contributed by atoms with Crippen LogP contribution >= 0.6 is 11.5 Å². The topological polar surface area (TPSA) is 83.0 Å². The number of nitrogens with zero attached hydrogens (tertiary/aromatic N) is 3. The first-order valence-electron chi connectivity index (χ1n) is 11.1. The van der Waals surface area contributed by atoms with Crippen LogP contribution in [-0.4, -0.2) is 52.9 Å². The maximum absolute atomic E-state index is 13.0. The van der Waals surface area contributed by atoms with Crippen molar-refractivity contribution in [2.24, 2.45) is 5.92 Å². The van der Waals surface area contributed by atoms with Gasteiger partial charge < -0.3 is 19.6 Å². The standard InChI is InChI=1S/C21H25N3O4S/c1-13-15(3-4-16-17(13)12-28-21(16)27)18(25)11-24-9-6-14(7-10-24)20(26)23(2)19-5-8-22-29-19/h3-5,8,14,18,25H,6-7,9-12H2,1-2H3/i2D3. The summed E-state index contributed by atoms with van der Waals surface area (Å²) in [5.74, 6) is -1.13. The number of benzene rings is 1. The smallest absolute Gasteiger partial charge is 0.338 e. The van der Waals surface area contributed by atoms with Gasteiger partial charge in [0.15, 0.2) is 0 Å². The van der Waals surface area contributed by atoms with Crippen molar-refractivity contribution in [2.75, 3.05) is 31.5 Å². The van der Waals surface area contributed by atoms with Crippen LogP contribution in [0.15, 0.2) is 24.4 Å². The quantitative estimate of drug-likeness (QED) is 0.752. The van der Waals surface area contributed by atoms with Gasteiger partial charge in [0.1, 0.15) is 11.6 Å². The number of carbonyl (C=O) groups excluding carboxylic acids is 2. The summed E-state index contributed by atoms with van der Waals surface area (Å²) < 4.78 is 32.3. The Kier molecular flexibility index (Phi) is 4.68. The molecule has 7 nitrogen and oxygen atoms in total. The van der Waals surface area contributed by atoms with Gasteiger partial charge in [-0.3, -0.25) is 4.79 Å². The Bertz CT molecular complexity index is 1000. The minimum atomic E-state index is -2.56. The highest BCUT2D eigenvalue weighted by Crippen LogP contribution is 2.30. The molecule has 0 saturated carbocycles. The van der Waals surface area contributed by atoms with Gasteiger partial charge in [-0.15, -0.1) is 0 Å². The number of cyclic esters (lactones) is 1. The fourth-order valence-corrected chi connectivity index (χ4v) is 4.57. The van der Waals surface area contributed by atoms with Crippen LogP contribution in [-0.2, 0) is 16.1 Å². The maximum Gasteiger partial charge on any atom is 0.338 e. The average molecular weight is 419 g/mol. The number of ether oxygens (including phenoxy) is 1. The number of anilines is 1. The van der Waals surface area contributed by atoms with Crippen molar-refractivity contribution in [3.63, 3.8) is 0 Å². The van der Waals surface area contributed by atoms with Crippen LogP contribution in [0.1, 0.15) is 50.1 Å². The van der Waals surface area contributed by atoms with Crippen LogP contribution in [0.3, 0.4) is 0 Å². The van der Waals surface area contributed by atoms with Gasteiger partial charge in [0, 0.05) is 35.3 Å². The van der Waals surface area contributed by atoms with Gasteiger partial charge in [-0.2, -0.15) is 4.37 Å². The van der Waals surface area contributed by atoms with E-state index in [9.17, 15) is 14.7 Å². The molecule has 29 heavy (non-hydrogen) atoms. The Morgan fingerprint density at radius 2 is 2.24 bits per heavy atom. The molecule has 2 aromatic rings. The minimum Gasteiger partial charge on any atom is -0.457 e. The van der Waals surface area contributed by atoms with Crippen molar-refractivity contribution < 1.29 is 23.5 Å². The van der Waals surface area contributed by atoms with Crippen LogP contribution < -0.4 is 4.90 Å². The molecule has 1 atom stereocenters. The van der Waals surface area contributed by atoms with E-state index in [4.69, 9.17) is 8.85 Å². The number of aromatic nitrogens is 1. The lowest BCUT2D eigenvalue weighted by Gasteiger charge is -2.34. The lowest BCUT2D eigenvalue weighted by molar-refractivity contribution is -0.123. The van der Waals surface area contributed by atoms with E-state index in [2.05, 4.69) is 9.27 Å². The summed E-state index contributed by atoms with van der Waals surface area (Å²) in [6.45, 7) is 1.11. The number of hydrogen-bond donors (Lipinski definition) is 1. The maximum atomic E-state index is 13.0. The molecule has 1 amide bonds. The van der Waals surface area contributed by atoms with Gasteiger partial charge in [0.05, 0.1) is 11.7 Å². The molecule has 2 aliphatic heterocycles. The minimum absolute atomic E-state index is 0.230. The Balaban J connectivity index is 1.38. The van der Waals surface area contributed by atoms with Crippen molar-refractivity contribution in [1.82, 2.24) is 9.27 Å². The zero-order valence-electron chi connectivity index (χ0n) is 19.1. The SMILES string of the molecule is [2H]C([2H])([2H])N(C(=O)C1CCN(CC(O)c2ccc3c(c2C)COC3=O)CC1)c1ccns1. The lowest BCUT2D eigenvalue weighted by atomic mass is 9.93. The third kappa shape index (κ3) is 3.92. The molecule has 0 bridgehead atoms. The number of likely N-dealkylation sites (tertiary alicyclic amines) is 1. The van der Waals surface area contributed by atoms with E-state index < -0.39 is 24.9 Å². The fourth-order valence-electron chi connectivity index (χ4n) is 4.05. The summed E-state index contributed by atoms with van der Waals surface area (Å²) in [7, 11) is 0. The van der Waals surface area contributed by atoms with Gasteiger partial charge in [0.25, 0.3) is 0 Å². The third-order valence-electron chi connectivity index (χ3n) is 5.80. The van der Waals surface area contributed by atoms with Crippen molar-refractivity contribution in [3.05, 3.63) is 46.6 Å². The summed E-state index contributed by atoms with van der Waals surface area (Å²) >= 11 is 0.988. The monoisotopic (exact) mass is 418 g/mol. The highest BCUT2D eigenvalue weighted by atomic mass is 32.1. The van der Waals surface area contributed by atoms with Gasteiger partial charge >= 0.3 is 5.97 Å². The number of hydrogen-bond acceptors (Lipinski definition) is 7. The molecule has 154 valence electrons.